The van der Waals surface area contributed by atoms with Crippen LogP contribution < -0.4 is 15.0 Å². The van der Waals surface area contributed by atoms with Gasteiger partial charge in [0.25, 0.3) is 6.43 Å². The number of carbonyl (C=O) groups excluding carboxylic acids is 2. The molecule has 2 aromatic heterocycles. The zero-order valence-electron chi connectivity index (χ0n) is 20.7. The van der Waals surface area contributed by atoms with E-state index in [0.717, 1.165) is 0 Å². The third-order valence-electron chi connectivity index (χ3n) is 6.34. The SMILES string of the molecule is COC(=O)NCC(=O)N1CC[C@H](Oc2cc(-n3c(C(F)F)nc4ccccc43)nc(N3CCOCC3)n2)C1. The minimum Gasteiger partial charge on any atom is -0.472 e. The summed E-state index contributed by atoms with van der Waals surface area (Å²) >= 11 is 0. The standard InChI is InChI=1S/C24H27F2N7O5/c1-36-24(35)27-13-20(34)32-7-6-15(14-32)38-19-12-18(29-23(30-19)31-8-10-37-11-9-31)33-17-5-3-2-4-16(17)28-22(33)21(25)26/h2-5,12,15,21H,6-11,13-14H2,1H3,(H,27,35)/t15-/m0/s1. The lowest BCUT2D eigenvalue weighted by Gasteiger charge is -2.27. The van der Waals surface area contributed by atoms with Crippen molar-refractivity contribution in [3.8, 4) is 11.7 Å². The summed E-state index contributed by atoms with van der Waals surface area (Å²) in [6.45, 7) is 2.57. The van der Waals surface area contributed by atoms with E-state index in [0.29, 0.717) is 56.3 Å². The fraction of sp³-hybridized carbons (Fsp3) is 0.458. The molecule has 2 fully saturated rings. The predicted molar refractivity (Wildman–Crippen MR) is 131 cm³/mol. The van der Waals surface area contributed by atoms with Crippen LogP contribution in [0, 0.1) is 0 Å². The highest BCUT2D eigenvalue weighted by molar-refractivity contribution is 5.82. The fourth-order valence-electron chi connectivity index (χ4n) is 4.47. The second-order valence-electron chi connectivity index (χ2n) is 8.77. The number of halogens is 2. The maximum atomic E-state index is 14.0. The number of morpholine rings is 1. The number of methoxy groups -OCH3 is 1. The maximum Gasteiger partial charge on any atom is 0.407 e. The molecule has 2 amide bonds. The molecule has 5 rings (SSSR count). The van der Waals surface area contributed by atoms with Gasteiger partial charge >= 0.3 is 6.09 Å². The number of ether oxygens (including phenoxy) is 3. The second-order valence-corrected chi connectivity index (χ2v) is 8.77. The van der Waals surface area contributed by atoms with Crippen LogP contribution in [0.25, 0.3) is 16.9 Å². The quantitative estimate of drug-likeness (QED) is 0.487. The molecule has 14 heteroatoms. The number of hydrogen-bond acceptors (Lipinski definition) is 9. The fourth-order valence-corrected chi connectivity index (χ4v) is 4.47. The number of para-hydroxylation sites is 2. The normalized spacial score (nSPS) is 17.7. The lowest BCUT2D eigenvalue weighted by molar-refractivity contribution is -0.129. The molecular weight excluding hydrogens is 504 g/mol. The number of imidazole rings is 1. The molecule has 12 nitrogen and oxygen atoms in total. The van der Waals surface area contributed by atoms with Gasteiger partial charge in [-0.05, 0) is 12.1 Å². The summed E-state index contributed by atoms with van der Waals surface area (Å²) in [5, 5.41) is 2.37. The summed E-state index contributed by atoms with van der Waals surface area (Å²) < 4.78 is 45.5. The molecule has 0 bridgehead atoms. The Bertz CT molecular complexity index is 1310. The average Bonchev–Trinajstić information content (AvgIpc) is 3.57. The molecule has 38 heavy (non-hydrogen) atoms. The van der Waals surface area contributed by atoms with Crippen LogP contribution in [0.4, 0.5) is 19.5 Å². The monoisotopic (exact) mass is 531 g/mol. The summed E-state index contributed by atoms with van der Waals surface area (Å²) in [6.07, 6.45) is -3.37. The van der Waals surface area contributed by atoms with E-state index in [1.54, 1.807) is 29.2 Å². The summed E-state index contributed by atoms with van der Waals surface area (Å²) in [4.78, 5) is 40.5. The van der Waals surface area contributed by atoms with Crippen LogP contribution in [0.2, 0.25) is 0 Å². The number of nitrogens with zero attached hydrogens (tertiary/aromatic N) is 6. The van der Waals surface area contributed by atoms with E-state index in [-0.39, 0.29) is 36.8 Å². The van der Waals surface area contributed by atoms with Crippen molar-refractivity contribution < 1.29 is 32.6 Å². The molecule has 1 aromatic carbocycles. The van der Waals surface area contributed by atoms with Gasteiger partial charge in [0.2, 0.25) is 17.7 Å². The van der Waals surface area contributed by atoms with Crippen molar-refractivity contribution >= 4 is 29.0 Å². The number of rotatable bonds is 7. The second kappa shape index (κ2) is 11.1. The lowest BCUT2D eigenvalue weighted by atomic mass is 10.3. The maximum absolute atomic E-state index is 14.0. The molecule has 2 aliphatic rings. The Morgan fingerprint density at radius 1 is 1.16 bits per heavy atom. The molecular formula is C24H27F2N7O5. The zero-order chi connectivity index (χ0) is 26.6. The van der Waals surface area contributed by atoms with Gasteiger partial charge < -0.3 is 29.3 Å². The first kappa shape index (κ1) is 25.6. The van der Waals surface area contributed by atoms with Gasteiger partial charge in [-0.2, -0.15) is 9.97 Å². The summed E-state index contributed by atoms with van der Waals surface area (Å²) in [6, 6.07) is 8.35. The van der Waals surface area contributed by atoms with Gasteiger partial charge in [0.15, 0.2) is 5.82 Å². The van der Waals surface area contributed by atoms with E-state index >= 15 is 0 Å². The number of aromatic nitrogens is 4. The number of likely N-dealkylation sites (tertiary alicyclic amines) is 1. The van der Waals surface area contributed by atoms with E-state index < -0.39 is 18.3 Å². The number of carbonyl (C=O) groups is 2. The number of benzene rings is 1. The first-order valence-corrected chi connectivity index (χ1v) is 12.2. The van der Waals surface area contributed by atoms with Crippen molar-refractivity contribution in [2.24, 2.45) is 0 Å². The Labute approximate surface area is 216 Å². The Hall–Kier alpha value is -4.07. The van der Waals surface area contributed by atoms with Crippen molar-refractivity contribution in [1.82, 2.24) is 29.7 Å². The number of fused-ring (bicyclic) bond motifs is 1. The minimum absolute atomic E-state index is 0.192. The van der Waals surface area contributed by atoms with E-state index in [9.17, 15) is 18.4 Å². The summed E-state index contributed by atoms with van der Waals surface area (Å²) in [5.74, 6) is 0.0204. The van der Waals surface area contributed by atoms with E-state index in [1.807, 2.05) is 4.90 Å². The van der Waals surface area contributed by atoms with Crippen LogP contribution in [-0.2, 0) is 14.3 Å². The van der Waals surface area contributed by atoms with Gasteiger partial charge in [0.05, 0.1) is 37.9 Å². The molecule has 2 saturated heterocycles. The van der Waals surface area contributed by atoms with Crippen molar-refractivity contribution in [3.63, 3.8) is 0 Å². The molecule has 2 aliphatic heterocycles. The predicted octanol–water partition coefficient (Wildman–Crippen LogP) is 1.93. The lowest BCUT2D eigenvalue weighted by Crippen LogP contribution is -2.39. The first-order valence-electron chi connectivity index (χ1n) is 12.2. The third kappa shape index (κ3) is 5.44. The first-order chi connectivity index (χ1) is 18.4. The highest BCUT2D eigenvalue weighted by Crippen LogP contribution is 2.30. The Balaban J connectivity index is 1.43. The van der Waals surface area contributed by atoms with Crippen LogP contribution >= 0.6 is 0 Å². The van der Waals surface area contributed by atoms with Crippen molar-refractivity contribution in [3.05, 3.63) is 36.2 Å². The van der Waals surface area contributed by atoms with Gasteiger partial charge in [0.1, 0.15) is 18.5 Å². The minimum atomic E-state index is -2.83. The Morgan fingerprint density at radius 2 is 1.95 bits per heavy atom. The molecule has 4 heterocycles. The highest BCUT2D eigenvalue weighted by Gasteiger charge is 2.29. The van der Waals surface area contributed by atoms with Crippen LogP contribution in [0.15, 0.2) is 30.3 Å². The molecule has 0 aliphatic carbocycles. The number of alkyl carbamates (subject to hydrolysis) is 1. The molecule has 202 valence electrons. The van der Waals surface area contributed by atoms with Crippen LogP contribution in [-0.4, -0.2) is 95.6 Å². The van der Waals surface area contributed by atoms with Crippen molar-refractivity contribution in [2.45, 2.75) is 19.0 Å². The number of nitrogens with one attached hydrogen (secondary N) is 1. The van der Waals surface area contributed by atoms with Gasteiger partial charge in [-0.15, -0.1) is 0 Å². The average molecular weight is 532 g/mol. The van der Waals surface area contributed by atoms with Crippen molar-refractivity contribution in [2.75, 3.05) is 57.9 Å². The third-order valence-corrected chi connectivity index (χ3v) is 6.34. The summed E-state index contributed by atoms with van der Waals surface area (Å²) in [5.41, 5.74) is 0.901. The Kier molecular flexibility index (Phi) is 7.49. The number of alkyl halides is 2. The van der Waals surface area contributed by atoms with Gasteiger partial charge in [-0.1, -0.05) is 12.1 Å². The molecule has 1 N–H and O–H groups in total. The molecule has 0 unspecified atom stereocenters. The van der Waals surface area contributed by atoms with E-state index in [1.165, 1.54) is 17.7 Å². The molecule has 1 atom stereocenters. The van der Waals surface area contributed by atoms with Crippen molar-refractivity contribution in [1.29, 1.82) is 0 Å². The van der Waals surface area contributed by atoms with Gasteiger partial charge in [-0.3, -0.25) is 9.36 Å². The van der Waals surface area contributed by atoms with Gasteiger partial charge in [-0.25, -0.2) is 18.6 Å². The van der Waals surface area contributed by atoms with E-state index in [4.69, 9.17) is 9.47 Å². The zero-order valence-corrected chi connectivity index (χ0v) is 20.7. The molecule has 3 aromatic rings. The van der Waals surface area contributed by atoms with Gasteiger partial charge in [0, 0.05) is 32.1 Å². The van der Waals surface area contributed by atoms with Crippen LogP contribution in [0.3, 0.4) is 0 Å². The number of anilines is 1. The van der Waals surface area contributed by atoms with E-state index in [2.05, 4.69) is 25.0 Å². The van der Waals surface area contributed by atoms with Crippen LogP contribution in [0.5, 0.6) is 5.88 Å². The molecule has 0 spiro atoms. The smallest absolute Gasteiger partial charge is 0.407 e. The Morgan fingerprint density at radius 3 is 2.71 bits per heavy atom. The highest BCUT2D eigenvalue weighted by atomic mass is 19.3. The number of amides is 2. The molecule has 0 saturated carbocycles. The molecule has 0 radical (unpaired) electrons. The number of hydrogen-bond donors (Lipinski definition) is 1. The topological polar surface area (TPSA) is 124 Å². The largest absolute Gasteiger partial charge is 0.472 e. The summed E-state index contributed by atoms with van der Waals surface area (Å²) in [7, 11) is 1.22. The van der Waals surface area contributed by atoms with Crippen LogP contribution in [0.1, 0.15) is 18.7 Å².